The lowest BCUT2D eigenvalue weighted by molar-refractivity contribution is 0.560. The Morgan fingerprint density at radius 1 is 1.47 bits per heavy atom. The zero-order chi connectivity index (χ0) is 12.7. The lowest BCUT2D eigenvalue weighted by atomic mass is 10.2. The molecule has 4 nitrogen and oxygen atoms in total. The third-order valence-electron chi connectivity index (χ3n) is 2.51. The molecule has 1 heterocycles. The predicted octanol–water partition coefficient (Wildman–Crippen LogP) is 1.21. The molecule has 0 bridgehead atoms. The predicted molar refractivity (Wildman–Crippen MR) is 73.0 cm³/mol. The van der Waals surface area contributed by atoms with Crippen LogP contribution in [-0.4, -0.2) is 33.3 Å². The summed E-state index contributed by atoms with van der Waals surface area (Å²) in [7, 11) is -3.19. The Hall–Kier alpha value is -0.430. The second kappa shape index (κ2) is 7.10. The van der Waals surface area contributed by atoms with Gasteiger partial charge in [-0.25, -0.2) is 13.1 Å². The summed E-state index contributed by atoms with van der Waals surface area (Å²) in [6, 6.07) is 2.01. The van der Waals surface area contributed by atoms with Crippen LogP contribution in [0.1, 0.15) is 19.4 Å². The summed E-state index contributed by atoms with van der Waals surface area (Å²) in [4.78, 5) is 0. The molecule has 0 aliphatic heterocycles. The van der Waals surface area contributed by atoms with Crippen molar-refractivity contribution in [3.8, 4) is 0 Å². The maximum atomic E-state index is 11.8. The molecule has 0 fully saturated rings. The number of hydrogen-bond donors (Lipinski definition) is 2. The van der Waals surface area contributed by atoms with Gasteiger partial charge in [-0.1, -0.05) is 6.92 Å². The van der Waals surface area contributed by atoms with Crippen LogP contribution in [0, 0.1) is 0 Å². The molecule has 0 radical (unpaired) electrons. The molecular formula is C11H20N2O2S2. The molecule has 2 N–H and O–H groups in total. The molecule has 0 aliphatic rings. The number of sulfonamides is 1. The molecular weight excluding hydrogens is 256 g/mol. The van der Waals surface area contributed by atoms with Gasteiger partial charge in [-0.2, -0.15) is 11.3 Å². The van der Waals surface area contributed by atoms with Gasteiger partial charge in [0.2, 0.25) is 10.0 Å². The summed E-state index contributed by atoms with van der Waals surface area (Å²) in [5, 5.41) is 6.68. The average molecular weight is 276 g/mol. The van der Waals surface area contributed by atoms with E-state index in [2.05, 4.69) is 10.0 Å². The molecule has 1 aromatic heterocycles. The largest absolute Gasteiger partial charge is 0.316 e. The van der Waals surface area contributed by atoms with E-state index >= 15 is 0 Å². The molecule has 0 amide bonds. The minimum absolute atomic E-state index is 0.398. The fraction of sp³-hybridized carbons (Fsp3) is 0.636. The molecule has 1 aromatic rings. The van der Waals surface area contributed by atoms with Crippen molar-refractivity contribution in [2.75, 3.05) is 19.6 Å². The molecule has 17 heavy (non-hydrogen) atoms. The zero-order valence-corrected chi connectivity index (χ0v) is 11.9. The first kappa shape index (κ1) is 14.6. The minimum Gasteiger partial charge on any atom is -0.316 e. The fourth-order valence-corrected chi connectivity index (χ4v) is 3.08. The molecule has 0 saturated carbocycles. The van der Waals surface area contributed by atoms with E-state index in [1.807, 2.05) is 23.8 Å². The minimum atomic E-state index is -3.19. The SMILES string of the molecule is CCNCC(C)S(=O)(=O)NCCc1ccsc1. The van der Waals surface area contributed by atoms with E-state index in [1.54, 1.807) is 18.3 Å². The van der Waals surface area contributed by atoms with Gasteiger partial charge >= 0.3 is 0 Å². The Morgan fingerprint density at radius 3 is 2.82 bits per heavy atom. The summed E-state index contributed by atoms with van der Waals surface area (Å²) in [6.07, 6.45) is 0.747. The third kappa shape index (κ3) is 5.16. The summed E-state index contributed by atoms with van der Waals surface area (Å²) in [5.74, 6) is 0. The Morgan fingerprint density at radius 2 is 2.24 bits per heavy atom. The highest BCUT2D eigenvalue weighted by molar-refractivity contribution is 7.90. The Bertz CT molecular complexity index is 401. The molecule has 1 atom stereocenters. The van der Waals surface area contributed by atoms with Gasteiger partial charge in [-0.05, 0) is 42.3 Å². The number of thiophene rings is 1. The summed E-state index contributed by atoms with van der Waals surface area (Å²) >= 11 is 1.63. The number of rotatable bonds is 8. The molecule has 0 saturated heterocycles. The van der Waals surface area contributed by atoms with Crippen LogP contribution in [-0.2, 0) is 16.4 Å². The quantitative estimate of drug-likeness (QED) is 0.750. The highest BCUT2D eigenvalue weighted by Gasteiger charge is 2.19. The van der Waals surface area contributed by atoms with Crippen LogP contribution in [0.15, 0.2) is 16.8 Å². The van der Waals surface area contributed by atoms with Crippen LogP contribution in [0.5, 0.6) is 0 Å². The first-order chi connectivity index (χ1) is 8.06. The van der Waals surface area contributed by atoms with Gasteiger partial charge in [0, 0.05) is 13.1 Å². The van der Waals surface area contributed by atoms with Gasteiger partial charge in [0.1, 0.15) is 0 Å². The first-order valence-corrected chi connectivity index (χ1v) is 8.25. The van der Waals surface area contributed by atoms with Crippen molar-refractivity contribution < 1.29 is 8.42 Å². The monoisotopic (exact) mass is 276 g/mol. The Balaban J connectivity index is 2.33. The Labute approximate surface area is 107 Å². The standard InChI is InChI=1S/C11H20N2O2S2/c1-3-12-8-10(2)17(14,15)13-6-4-11-5-7-16-9-11/h5,7,9-10,12-13H,3-4,6,8H2,1-2H3. The van der Waals surface area contributed by atoms with Crippen molar-refractivity contribution in [2.24, 2.45) is 0 Å². The maximum Gasteiger partial charge on any atom is 0.215 e. The van der Waals surface area contributed by atoms with E-state index in [0.717, 1.165) is 13.0 Å². The van der Waals surface area contributed by atoms with Gasteiger partial charge in [0.05, 0.1) is 5.25 Å². The van der Waals surface area contributed by atoms with E-state index in [-0.39, 0.29) is 0 Å². The zero-order valence-electron chi connectivity index (χ0n) is 10.3. The van der Waals surface area contributed by atoms with Crippen LogP contribution in [0.3, 0.4) is 0 Å². The average Bonchev–Trinajstić information content (AvgIpc) is 2.78. The van der Waals surface area contributed by atoms with E-state index in [1.165, 1.54) is 5.56 Å². The smallest absolute Gasteiger partial charge is 0.215 e. The normalized spacial score (nSPS) is 13.8. The highest BCUT2D eigenvalue weighted by atomic mass is 32.2. The first-order valence-electron chi connectivity index (χ1n) is 5.76. The second-order valence-electron chi connectivity index (χ2n) is 3.94. The van der Waals surface area contributed by atoms with Gasteiger partial charge in [0.25, 0.3) is 0 Å². The lowest BCUT2D eigenvalue weighted by Gasteiger charge is -2.13. The van der Waals surface area contributed by atoms with Gasteiger partial charge < -0.3 is 5.32 Å². The second-order valence-corrected chi connectivity index (χ2v) is 6.90. The van der Waals surface area contributed by atoms with Crippen LogP contribution in [0.4, 0.5) is 0 Å². The summed E-state index contributed by atoms with van der Waals surface area (Å²) in [5.41, 5.74) is 1.18. The van der Waals surface area contributed by atoms with E-state index in [4.69, 9.17) is 0 Å². The fourth-order valence-electron chi connectivity index (χ4n) is 1.37. The van der Waals surface area contributed by atoms with Crippen molar-refractivity contribution in [2.45, 2.75) is 25.5 Å². The summed E-state index contributed by atoms with van der Waals surface area (Å²) in [6.45, 7) is 5.42. The van der Waals surface area contributed by atoms with Crippen molar-refractivity contribution >= 4 is 21.4 Å². The molecule has 6 heteroatoms. The van der Waals surface area contributed by atoms with Gasteiger partial charge in [-0.3, -0.25) is 0 Å². The topological polar surface area (TPSA) is 58.2 Å². The molecule has 0 aromatic carbocycles. The molecule has 0 aliphatic carbocycles. The molecule has 1 unspecified atom stereocenters. The van der Waals surface area contributed by atoms with Crippen LogP contribution in [0.25, 0.3) is 0 Å². The van der Waals surface area contributed by atoms with Gasteiger partial charge in [-0.15, -0.1) is 0 Å². The maximum absolute atomic E-state index is 11.8. The van der Waals surface area contributed by atoms with Gasteiger partial charge in [0.15, 0.2) is 0 Å². The number of hydrogen-bond acceptors (Lipinski definition) is 4. The van der Waals surface area contributed by atoms with Crippen LogP contribution >= 0.6 is 11.3 Å². The van der Waals surface area contributed by atoms with E-state index in [9.17, 15) is 8.42 Å². The van der Waals surface area contributed by atoms with Crippen LogP contribution < -0.4 is 10.0 Å². The van der Waals surface area contributed by atoms with Crippen molar-refractivity contribution in [3.05, 3.63) is 22.4 Å². The van der Waals surface area contributed by atoms with Crippen molar-refractivity contribution in [3.63, 3.8) is 0 Å². The van der Waals surface area contributed by atoms with Crippen molar-refractivity contribution in [1.82, 2.24) is 10.0 Å². The van der Waals surface area contributed by atoms with Crippen LogP contribution in [0.2, 0.25) is 0 Å². The lowest BCUT2D eigenvalue weighted by Crippen LogP contribution is -2.39. The Kier molecular flexibility index (Phi) is 6.11. The third-order valence-corrected chi connectivity index (χ3v) is 5.07. The number of nitrogens with one attached hydrogen (secondary N) is 2. The molecule has 98 valence electrons. The summed E-state index contributed by atoms with van der Waals surface area (Å²) < 4.78 is 26.3. The van der Waals surface area contributed by atoms with E-state index in [0.29, 0.717) is 13.1 Å². The van der Waals surface area contributed by atoms with E-state index < -0.39 is 15.3 Å². The van der Waals surface area contributed by atoms with Crippen molar-refractivity contribution in [1.29, 1.82) is 0 Å². The highest BCUT2D eigenvalue weighted by Crippen LogP contribution is 2.06. The molecule has 1 rings (SSSR count). The molecule has 0 spiro atoms.